The maximum Gasteiger partial charge on any atom is 0.402 e. The van der Waals surface area contributed by atoms with E-state index < -0.39 is 21.8 Å². The van der Waals surface area contributed by atoms with Crippen LogP contribution in [0, 0.1) is 5.92 Å². The standard InChI is InChI=1S/C8H14F3NO2S/c9-8(10,11)5-15(13,14)4-6-1-2-7(12)3-6/h6-7H,1-5,12H2/t6-,7+/m0/s1. The summed E-state index contributed by atoms with van der Waals surface area (Å²) in [7, 11) is -4.03. The molecule has 0 aliphatic heterocycles. The molecule has 2 atom stereocenters. The first-order valence-electron chi connectivity index (χ1n) is 4.71. The van der Waals surface area contributed by atoms with Gasteiger partial charge in [0.15, 0.2) is 9.84 Å². The summed E-state index contributed by atoms with van der Waals surface area (Å²) in [6.45, 7) is 0. The summed E-state index contributed by atoms with van der Waals surface area (Å²) in [5, 5.41) is 0. The molecule has 0 bridgehead atoms. The Hall–Kier alpha value is -0.300. The van der Waals surface area contributed by atoms with Gasteiger partial charge in [-0.2, -0.15) is 13.2 Å². The lowest BCUT2D eigenvalue weighted by molar-refractivity contribution is -0.106. The van der Waals surface area contributed by atoms with Gasteiger partial charge >= 0.3 is 6.18 Å². The van der Waals surface area contributed by atoms with Crippen molar-refractivity contribution in [2.45, 2.75) is 31.5 Å². The van der Waals surface area contributed by atoms with Crippen molar-refractivity contribution < 1.29 is 21.6 Å². The number of rotatable bonds is 3. The monoisotopic (exact) mass is 245 g/mol. The molecule has 0 amide bonds. The second-order valence-electron chi connectivity index (χ2n) is 4.11. The minimum atomic E-state index is -4.64. The van der Waals surface area contributed by atoms with Crippen LogP contribution in [-0.4, -0.2) is 32.1 Å². The van der Waals surface area contributed by atoms with Gasteiger partial charge in [0.25, 0.3) is 0 Å². The van der Waals surface area contributed by atoms with Crippen LogP contribution in [0.25, 0.3) is 0 Å². The highest BCUT2D eigenvalue weighted by Gasteiger charge is 2.37. The van der Waals surface area contributed by atoms with Crippen LogP contribution in [0.3, 0.4) is 0 Å². The van der Waals surface area contributed by atoms with E-state index in [4.69, 9.17) is 5.73 Å². The van der Waals surface area contributed by atoms with Gasteiger partial charge in [-0.05, 0) is 25.2 Å². The predicted octanol–water partition coefficient (Wildman–Crippen LogP) is 1.09. The van der Waals surface area contributed by atoms with Crippen LogP contribution in [0.5, 0.6) is 0 Å². The molecule has 15 heavy (non-hydrogen) atoms. The lowest BCUT2D eigenvalue weighted by atomic mass is 10.1. The van der Waals surface area contributed by atoms with E-state index in [0.29, 0.717) is 19.3 Å². The molecular weight excluding hydrogens is 231 g/mol. The maximum absolute atomic E-state index is 11.9. The summed E-state index contributed by atoms with van der Waals surface area (Å²) in [6, 6.07) is -0.0592. The third-order valence-electron chi connectivity index (χ3n) is 2.46. The molecule has 0 aromatic carbocycles. The second-order valence-corrected chi connectivity index (χ2v) is 6.22. The van der Waals surface area contributed by atoms with Gasteiger partial charge in [0.1, 0.15) is 5.75 Å². The van der Waals surface area contributed by atoms with Gasteiger partial charge in [-0.3, -0.25) is 0 Å². The Morgan fingerprint density at radius 1 is 1.27 bits per heavy atom. The van der Waals surface area contributed by atoms with Crippen LogP contribution >= 0.6 is 0 Å². The average molecular weight is 245 g/mol. The van der Waals surface area contributed by atoms with E-state index in [1.807, 2.05) is 0 Å². The highest BCUT2D eigenvalue weighted by atomic mass is 32.2. The molecule has 7 heteroatoms. The zero-order valence-corrected chi connectivity index (χ0v) is 8.94. The molecule has 1 fully saturated rings. The molecule has 0 spiro atoms. The molecule has 0 heterocycles. The summed E-state index contributed by atoms with van der Waals surface area (Å²) in [5.74, 6) is -2.31. The van der Waals surface area contributed by atoms with Crippen LogP contribution < -0.4 is 5.73 Å². The van der Waals surface area contributed by atoms with E-state index in [0.717, 1.165) is 0 Å². The Bertz CT molecular complexity index is 312. The predicted molar refractivity (Wildman–Crippen MR) is 50.0 cm³/mol. The average Bonchev–Trinajstić information content (AvgIpc) is 2.27. The van der Waals surface area contributed by atoms with Crippen molar-refractivity contribution in [3.8, 4) is 0 Å². The molecule has 0 aromatic rings. The Morgan fingerprint density at radius 2 is 1.87 bits per heavy atom. The Morgan fingerprint density at radius 3 is 2.27 bits per heavy atom. The number of sulfone groups is 1. The van der Waals surface area contributed by atoms with Gasteiger partial charge in [-0.15, -0.1) is 0 Å². The maximum atomic E-state index is 11.9. The summed E-state index contributed by atoms with van der Waals surface area (Å²) in [5.41, 5.74) is 5.55. The van der Waals surface area contributed by atoms with Crippen LogP contribution in [0.4, 0.5) is 13.2 Å². The van der Waals surface area contributed by atoms with Gasteiger partial charge in [-0.25, -0.2) is 8.42 Å². The van der Waals surface area contributed by atoms with Gasteiger partial charge in [-0.1, -0.05) is 0 Å². The minimum Gasteiger partial charge on any atom is -0.328 e. The molecule has 90 valence electrons. The van der Waals surface area contributed by atoms with Crippen molar-refractivity contribution in [2.75, 3.05) is 11.5 Å². The van der Waals surface area contributed by atoms with Crippen molar-refractivity contribution >= 4 is 9.84 Å². The first-order chi connectivity index (χ1) is 6.68. The highest BCUT2D eigenvalue weighted by molar-refractivity contribution is 7.91. The van der Waals surface area contributed by atoms with Crippen molar-refractivity contribution in [3.63, 3.8) is 0 Å². The van der Waals surface area contributed by atoms with Crippen LogP contribution in [0.15, 0.2) is 0 Å². The molecule has 0 saturated heterocycles. The Balaban J connectivity index is 2.50. The summed E-state index contributed by atoms with van der Waals surface area (Å²) in [6.07, 6.45) is -2.82. The van der Waals surface area contributed by atoms with Gasteiger partial charge in [0, 0.05) is 6.04 Å². The van der Waals surface area contributed by atoms with E-state index in [2.05, 4.69) is 0 Å². The fourth-order valence-corrected chi connectivity index (χ4v) is 3.57. The van der Waals surface area contributed by atoms with E-state index in [-0.39, 0.29) is 17.7 Å². The molecule has 1 rings (SSSR count). The van der Waals surface area contributed by atoms with Crippen molar-refractivity contribution in [1.29, 1.82) is 0 Å². The van der Waals surface area contributed by atoms with Gasteiger partial charge in [0.05, 0.1) is 5.75 Å². The highest BCUT2D eigenvalue weighted by Crippen LogP contribution is 2.27. The lowest BCUT2D eigenvalue weighted by Gasteiger charge is -2.11. The Labute approximate surface area is 86.7 Å². The molecule has 1 aliphatic rings. The fourth-order valence-electron chi connectivity index (χ4n) is 1.93. The van der Waals surface area contributed by atoms with Crippen LogP contribution in [0.2, 0.25) is 0 Å². The molecule has 0 aromatic heterocycles. The first-order valence-corrected chi connectivity index (χ1v) is 6.53. The quantitative estimate of drug-likeness (QED) is 0.809. The number of nitrogens with two attached hydrogens (primary N) is 1. The van der Waals surface area contributed by atoms with Crippen molar-refractivity contribution in [2.24, 2.45) is 11.7 Å². The summed E-state index contributed by atoms with van der Waals surface area (Å²) >= 11 is 0. The molecule has 1 saturated carbocycles. The van der Waals surface area contributed by atoms with E-state index in [1.165, 1.54) is 0 Å². The largest absolute Gasteiger partial charge is 0.402 e. The van der Waals surface area contributed by atoms with Gasteiger partial charge in [0.2, 0.25) is 0 Å². The van der Waals surface area contributed by atoms with Crippen molar-refractivity contribution in [1.82, 2.24) is 0 Å². The first kappa shape index (κ1) is 12.8. The lowest BCUT2D eigenvalue weighted by Crippen LogP contribution is -2.27. The van der Waals surface area contributed by atoms with Crippen LogP contribution in [0.1, 0.15) is 19.3 Å². The summed E-state index contributed by atoms with van der Waals surface area (Å²) in [4.78, 5) is 0. The van der Waals surface area contributed by atoms with E-state index in [9.17, 15) is 21.6 Å². The topological polar surface area (TPSA) is 60.2 Å². The second kappa shape index (κ2) is 4.29. The van der Waals surface area contributed by atoms with E-state index in [1.54, 1.807) is 0 Å². The molecule has 0 unspecified atom stereocenters. The SMILES string of the molecule is N[C@@H]1CC[C@H](CS(=O)(=O)CC(F)(F)F)C1. The molecule has 2 N–H and O–H groups in total. The third-order valence-corrected chi connectivity index (χ3v) is 4.20. The molecule has 3 nitrogen and oxygen atoms in total. The molecule has 1 aliphatic carbocycles. The van der Waals surface area contributed by atoms with Crippen molar-refractivity contribution in [3.05, 3.63) is 0 Å². The number of hydrogen-bond acceptors (Lipinski definition) is 3. The van der Waals surface area contributed by atoms with E-state index >= 15 is 0 Å². The number of hydrogen-bond donors (Lipinski definition) is 1. The zero-order chi connectivity index (χ0) is 11.7. The molecular formula is C8H14F3NO2S. The molecule has 0 radical (unpaired) electrons. The minimum absolute atomic E-state index is 0.0592. The summed E-state index contributed by atoms with van der Waals surface area (Å²) < 4.78 is 58.0. The number of halogens is 3. The Kier molecular flexibility index (Phi) is 3.65. The smallest absolute Gasteiger partial charge is 0.328 e. The third kappa shape index (κ3) is 4.83. The number of alkyl halides is 3. The van der Waals surface area contributed by atoms with Gasteiger partial charge < -0.3 is 5.73 Å². The zero-order valence-electron chi connectivity index (χ0n) is 8.13. The normalized spacial score (nSPS) is 28.3. The fraction of sp³-hybridized carbons (Fsp3) is 1.00. The van der Waals surface area contributed by atoms with Crippen LogP contribution in [-0.2, 0) is 9.84 Å².